The molecule has 0 unspecified atom stereocenters. The first-order valence-electron chi connectivity index (χ1n) is 9.85. The van der Waals surface area contributed by atoms with Gasteiger partial charge in [0.05, 0.1) is 18.4 Å². The van der Waals surface area contributed by atoms with E-state index in [2.05, 4.69) is 10.00 Å². The zero-order valence-electron chi connectivity index (χ0n) is 15.6. The monoisotopic (exact) mass is 366 g/mol. The molecule has 1 amide bonds. The predicted molar refractivity (Wildman–Crippen MR) is 105 cm³/mol. The molecule has 2 saturated heterocycles. The van der Waals surface area contributed by atoms with Crippen LogP contribution in [0.5, 0.6) is 0 Å². The highest BCUT2D eigenvalue weighted by Crippen LogP contribution is 2.24. The van der Waals surface area contributed by atoms with Gasteiger partial charge in [-0.1, -0.05) is 30.3 Å². The van der Waals surface area contributed by atoms with E-state index in [0.29, 0.717) is 12.5 Å². The average Bonchev–Trinajstić information content (AvgIpc) is 3.25. The Morgan fingerprint density at radius 3 is 2.41 bits per heavy atom. The number of carbonyl (C=O) groups excluding carboxylic acids is 1. The second kappa shape index (κ2) is 7.94. The lowest BCUT2D eigenvalue weighted by atomic mass is 9.95. The molecular formula is C21H26N4O2. The largest absolute Gasteiger partial charge is 0.370 e. The number of amides is 1. The van der Waals surface area contributed by atoms with Gasteiger partial charge in [0.15, 0.2) is 0 Å². The van der Waals surface area contributed by atoms with Crippen LogP contribution in [0.25, 0.3) is 0 Å². The van der Waals surface area contributed by atoms with Crippen molar-refractivity contribution < 1.29 is 4.79 Å². The first-order valence-corrected chi connectivity index (χ1v) is 9.85. The SMILES string of the molecule is O=C(C1CCN(c2cnn(Cc3ccccc3)c(=O)c2)CC1)N1CCCC1. The molecule has 2 aliphatic rings. The Bertz CT molecular complexity index is 835. The van der Waals surface area contributed by atoms with Gasteiger partial charge in [0.25, 0.3) is 5.56 Å². The van der Waals surface area contributed by atoms with Crippen LogP contribution in [0.1, 0.15) is 31.2 Å². The normalized spacial score (nSPS) is 18.1. The second-order valence-electron chi connectivity index (χ2n) is 7.49. The van der Waals surface area contributed by atoms with E-state index in [-0.39, 0.29) is 11.5 Å². The van der Waals surface area contributed by atoms with Crippen molar-refractivity contribution in [1.82, 2.24) is 14.7 Å². The fourth-order valence-electron chi connectivity index (χ4n) is 4.05. The lowest BCUT2D eigenvalue weighted by Gasteiger charge is -2.34. The van der Waals surface area contributed by atoms with Gasteiger partial charge < -0.3 is 9.80 Å². The molecule has 0 bridgehead atoms. The number of aromatic nitrogens is 2. The summed E-state index contributed by atoms with van der Waals surface area (Å²) < 4.78 is 1.49. The summed E-state index contributed by atoms with van der Waals surface area (Å²) in [6.07, 6.45) is 5.74. The molecule has 0 atom stereocenters. The van der Waals surface area contributed by atoms with Crippen molar-refractivity contribution in [2.24, 2.45) is 5.92 Å². The number of piperidine rings is 1. The number of anilines is 1. The summed E-state index contributed by atoms with van der Waals surface area (Å²) in [5.41, 5.74) is 1.82. The number of benzene rings is 1. The first-order chi connectivity index (χ1) is 13.2. The number of hydrogen-bond donors (Lipinski definition) is 0. The van der Waals surface area contributed by atoms with E-state index in [1.807, 2.05) is 35.2 Å². The summed E-state index contributed by atoms with van der Waals surface area (Å²) >= 11 is 0. The molecule has 0 aliphatic carbocycles. The molecule has 0 saturated carbocycles. The van der Waals surface area contributed by atoms with Gasteiger partial charge >= 0.3 is 0 Å². The van der Waals surface area contributed by atoms with E-state index >= 15 is 0 Å². The molecule has 0 radical (unpaired) electrons. The van der Waals surface area contributed by atoms with Crippen LogP contribution in [0.2, 0.25) is 0 Å². The Balaban J connectivity index is 1.37. The summed E-state index contributed by atoms with van der Waals surface area (Å²) in [5.74, 6) is 0.453. The van der Waals surface area contributed by atoms with E-state index in [4.69, 9.17) is 0 Å². The molecule has 142 valence electrons. The molecule has 6 nitrogen and oxygen atoms in total. The third kappa shape index (κ3) is 4.04. The Kier molecular flexibility index (Phi) is 5.23. The van der Waals surface area contributed by atoms with E-state index in [1.165, 1.54) is 4.68 Å². The molecule has 27 heavy (non-hydrogen) atoms. The quantitative estimate of drug-likeness (QED) is 0.832. The topological polar surface area (TPSA) is 58.4 Å². The minimum absolute atomic E-state index is 0.0911. The van der Waals surface area contributed by atoms with Gasteiger partial charge in [-0.05, 0) is 31.2 Å². The van der Waals surface area contributed by atoms with Gasteiger partial charge in [0.2, 0.25) is 5.91 Å². The summed E-state index contributed by atoms with van der Waals surface area (Å²) in [4.78, 5) is 29.2. The minimum atomic E-state index is -0.0911. The highest BCUT2D eigenvalue weighted by molar-refractivity contribution is 5.79. The molecule has 0 N–H and O–H groups in total. The number of hydrogen-bond acceptors (Lipinski definition) is 4. The van der Waals surface area contributed by atoms with Crippen molar-refractivity contribution in [3.8, 4) is 0 Å². The molecule has 2 fully saturated rings. The predicted octanol–water partition coefficient (Wildman–Crippen LogP) is 2.13. The highest BCUT2D eigenvalue weighted by Gasteiger charge is 2.30. The van der Waals surface area contributed by atoms with Crippen LogP contribution < -0.4 is 10.5 Å². The van der Waals surface area contributed by atoms with E-state index < -0.39 is 0 Å². The maximum atomic E-state index is 12.6. The maximum Gasteiger partial charge on any atom is 0.269 e. The molecule has 2 aliphatic heterocycles. The van der Waals surface area contributed by atoms with E-state index in [0.717, 1.165) is 63.1 Å². The van der Waals surface area contributed by atoms with Gasteiger partial charge in [0, 0.05) is 38.2 Å². The number of nitrogens with zero attached hydrogens (tertiary/aromatic N) is 4. The number of likely N-dealkylation sites (tertiary alicyclic amines) is 1. The van der Waals surface area contributed by atoms with Crippen LogP contribution in [0.15, 0.2) is 47.4 Å². The van der Waals surface area contributed by atoms with Crippen molar-refractivity contribution in [3.63, 3.8) is 0 Å². The minimum Gasteiger partial charge on any atom is -0.370 e. The molecule has 1 aromatic heterocycles. The van der Waals surface area contributed by atoms with Gasteiger partial charge in [0.1, 0.15) is 0 Å². The number of carbonyl (C=O) groups is 1. The maximum absolute atomic E-state index is 12.6. The second-order valence-corrected chi connectivity index (χ2v) is 7.49. The van der Waals surface area contributed by atoms with Crippen LogP contribution in [-0.4, -0.2) is 46.8 Å². The van der Waals surface area contributed by atoms with Crippen molar-refractivity contribution >= 4 is 11.6 Å². The Labute approximate surface area is 159 Å². The zero-order chi connectivity index (χ0) is 18.6. The fourth-order valence-corrected chi connectivity index (χ4v) is 4.05. The molecule has 1 aromatic carbocycles. The summed E-state index contributed by atoms with van der Waals surface area (Å²) in [7, 11) is 0. The number of rotatable bonds is 4. The van der Waals surface area contributed by atoms with Gasteiger partial charge in [-0.25, -0.2) is 4.68 Å². The molecule has 0 spiro atoms. The molecular weight excluding hydrogens is 340 g/mol. The smallest absolute Gasteiger partial charge is 0.269 e. The van der Waals surface area contributed by atoms with Crippen molar-refractivity contribution in [1.29, 1.82) is 0 Å². The zero-order valence-corrected chi connectivity index (χ0v) is 15.6. The summed E-state index contributed by atoms with van der Waals surface area (Å²) in [5, 5.41) is 4.35. The van der Waals surface area contributed by atoms with E-state index in [9.17, 15) is 9.59 Å². The third-order valence-corrected chi connectivity index (χ3v) is 5.66. The standard InChI is InChI=1S/C21H26N4O2/c26-20-14-19(15-22-25(20)16-17-6-2-1-3-7-17)23-12-8-18(9-13-23)21(27)24-10-4-5-11-24/h1-3,6-7,14-15,18H,4-5,8-13,16H2. The molecule has 4 rings (SSSR count). The molecule has 2 aromatic rings. The molecule has 3 heterocycles. The Hall–Kier alpha value is -2.63. The van der Waals surface area contributed by atoms with Crippen molar-refractivity contribution in [2.45, 2.75) is 32.2 Å². The first kappa shape index (κ1) is 17.8. The van der Waals surface area contributed by atoms with Crippen LogP contribution in [0.3, 0.4) is 0 Å². The van der Waals surface area contributed by atoms with Crippen LogP contribution in [0.4, 0.5) is 5.69 Å². The summed E-state index contributed by atoms with van der Waals surface area (Å²) in [6.45, 7) is 3.92. The van der Waals surface area contributed by atoms with Gasteiger partial charge in [-0.3, -0.25) is 9.59 Å². The third-order valence-electron chi connectivity index (χ3n) is 5.66. The lowest BCUT2D eigenvalue weighted by molar-refractivity contribution is -0.135. The lowest BCUT2D eigenvalue weighted by Crippen LogP contribution is -2.42. The van der Waals surface area contributed by atoms with E-state index in [1.54, 1.807) is 12.3 Å². The highest BCUT2D eigenvalue weighted by atomic mass is 16.2. The van der Waals surface area contributed by atoms with Gasteiger partial charge in [-0.15, -0.1) is 0 Å². The van der Waals surface area contributed by atoms with Gasteiger partial charge in [-0.2, -0.15) is 5.10 Å². The Morgan fingerprint density at radius 2 is 1.74 bits per heavy atom. The summed E-state index contributed by atoms with van der Waals surface area (Å²) in [6, 6.07) is 11.5. The van der Waals surface area contributed by atoms with Crippen molar-refractivity contribution in [3.05, 3.63) is 58.5 Å². The average molecular weight is 366 g/mol. The van der Waals surface area contributed by atoms with Crippen LogP contribution in [0, 0.1) is 5.92 Å². The Morgan fingerprint density at radius 1 is 1.04 bits per heavy atom. The molecule has 6 heteroatoms. The van der Waals surface area contributed by atoms with Crippen molar-refractivity contribution in [2.75, 3.05) is 31.1 Å². The fraction of sp³-hybridized carbons (Fsp3) is 0.476. The van der Waals surface area contributed by atoms with Crippen LogP contribution >= 0.6 is 0 Å². The van der Waals surface area contributed by atoms with Crippen LogP contribution in [-0.2, 0) is 11.3 Å².